The first-order chi connectivity index (χ1) is 14.6. The Kier molecular flexibility index (Phi) is 4.89. The van der Waals surface area contributed by atoms with E-state index in [1.54, 1.807) is 12.3 Å². The van der Waals surface area contributed by atoms with Crippen LogP contribution < -0.4 is 5.32 Å². The molecule has 1 amide bonds. The number of nitriles is 1. The normalized spacial score (nSPS) is 23.1. The Morgan fingerprint density at radius 2 is 2.17 bits per heavy atom. The quantitative estimate of drug-likeness (QED) is 0.667. The average molecular weight is 422 g/mol. The maximum atomic E-state index is 12.2. The van der Waals surface area contributed by atoms with E-state index in [0.717, 1.165) is 47.8 Å². The lowest BCUT2D eigenvalue weighted by Gasteiger charge is -2.22. The number of rotatable bonds is 4. The van der Waals surface area contributed by atoms with E-state index in [9.17, 15) is 4.79 Å². The van der Waals surface area contributed by atoms with Crippen LogP contribution in [0.15, 0.2) is 36.8 Å². The number of benzene rings is 1. The highest BCUT2D eigenvalue weighted by Gasteiger charge is 2.43. The van der Waals surface area contributed by atoms with Gasteiger partial charge in [-0.25, -0.2) is 9.67 Å². The third-order valence-electron chi connectivity index (χ3n) is 5.72. The van der Waals surface area contributed by atoms with E-state index in [0.29, 0.717) is 17.3 Å². The molecule has 30 heavy (non-hydrogen) atoms. The number of pyridine rings is 1. The van der Waals surface area contributed by atoms with Gasteiger partial charge in [0.05, 0.1) is 29.1 Å². The van der Waals surface area contributed by atoms with E-state index in [1.807, 2.05) is 29.2 Å². The number of amides is 1. The van der Waals surface area contributed by atoms with Crippen LogP contribution in [0.5, 0.6) is 0 Å². The molecule has 3 heterocycles. The van der Waals surface area contributed by atoms with Gasteiger partial charge in [-0.3, -0.25) is 4.79 Å². The number of hydrogen-bond acceptors (Lipinski definition) is 5. The minimum Gasteiger partial charge on any atom is -0.357 e. The number of hydrogen-bond donors (Lipinski definition) is 1. The molecule has 3 atom stereocenters. The summed E-state index contributed by atoms with van der Waals surface area (Å²) >= 11 is 6.51. The Hall–Kier alpha value is -2.95. The van der Waals surface area contributed by atoms with Gasteiger partial charge in [-0.1, -0.05) is 11.6 Å². The van der Waals surface area contributed by atoms with E-state index in [2.05, 4.69) is 21.5 Å². The molecular formula is C22H20ClN5O2. The minimum absolute atomic E-state index is 0.0193. The fourth-order valence-corrected chi connectivity index (χ4v) is 4.15. The van der Waals surface area contributed by atoms with Crippen LogP contribution in [-0.2, 0) is 9.53 Å². The van der Waals surface area contributed by atoms with Crippen molar-refractivity contribution in [3.8, 4) is 17.2 Å². The van der Waals surface area contributed by atoms with Gasteiger partial charge < -0.3 is 10.1 Å². The van der Waals surface area contributed by atoms with Crippen molar-refractivity contribution in [3.63, 3.8) is 0 Å². The lowest BCUT2D eigenvalue weighted by Crippen LogP contribution is -2.18. The van der Waals surface area contributed by atoms with Gasteiger partial charge >= 0.3 is 0 Å². The van der Waals surface area contributed by atoms with E-state index in [4.69, 9.17) is 21.6 Å². The highest BCUT2D eigenvalue weighted by atomic mass is 35.5. The number of anilines is 1. The van der Waals surface area contributed by atoms with Crippen molar-refractivity contribution >= 4 is 34.1 Å². The van der Waals surface area contributed by atoms with Crippen LogP contribution in [0.3, 0.4) is 0 Å². The summed E-state index contributed by atoms with van der Waals surface area (Å²) in [6.45, 7) is 0.763. The van der Waals surface area contributed by atoms with Crippen molar-refractivity contribution in [2.45, 2.75) is 31.9 Å². The molecule has 0 bridgehead atoms. The largest absolute Gasteiger partial charge is 0.357 e. The van der Waals surface area contributed by atoms with Gasteiger partial charge in [0.15, 0.2) is 0 Å². The predicted octanol–water partition coefficient (Wildman–Crippen LogP) is 4.55. The first-order valence-electron chi connectivity index (χ1n) is 10.1. The molecule has 2 fully saturated rings. The molecule has 1 saturated heterocycles. The van der Waals surface area contributed by atoms with Crippen molar-refractivity contribution in [3.05, 3.63) is 41.8 Å². The average Bonchev–Trinajstić information content (AvgIpc) is 3.40. The number of carbonyl (C=O) groups is 1. The Morgan fingerprint density at radius 1 is 1.27 bits per heavy atom. The molecule has 1 aliphatic carbocycles. The second-order valence-electron chi connectivity index (χ2n) is 7.85. The third-order valence-corrected chi connectivity index (χ3v) is 6.03. The molecule has 0 spiro atoms. The van der Waals surface area contributed by atoms with Crippen LogP contribution in [-0.4, -0.2) is 27.3 Å². The van der Waals surface area contributed by atoms with Crippen molar-refractivity contribution in [1.82, 2.24) is 14.8 Å². The number of aromatic nitrogens is 3. The molecule has 0 radical (unpaired) electrons. The van der Waals surface area contributed by atoms with E-state index in [1.165, 1.54) is 0 Å². The molecule has 1 aliphatic heterocycles. The van der Waals surface area contributed by atoms with Crippen LogP contribution >= 0.6 is 11.6 Å². The van der Waals surface area contributed by atoms with Gasteiger partial charge in [0.2, 0.25) is 5.91 Å². The molecule has 2 aliphatic rings. The van der Waals surface area contributed by atoms with Gasteiger partial charge in [0, 0.05) is 30.0 Å². The summed E-state index contributed by atoms with van der Waals surface area (Å²) in [5.41, 5.74) is 1.88. The number of fused-ring (bicyclic) bond motifs is 1. The summed E-state index contributed by atoms with van der Waals surface area (Å²) in [6.07, 6.45) is 9.23. The fourth-order valence-electron chi connectivity index (χ4n) is 3.87. The lowest BCUT2D eigenvalue weighted by molar-refractivity contribution is -0.117. The molecule has 2 aromatic heterocycles. The Labute approximate surface area is 178 Å². The van der Waals surface area contributed by atoms with Crippen molar-refractivity contribution in [1.29, 1.82) is 5.26 Å². The second-order valence-corrected chi connectivity index (χ2v) is 8.25. The van der Waals surface area contributed by atoms with Crippen LogP contribution in [0, 0.1) is 23.2 Å². The van der Waals surface area contributed by atoms with Gasteiger partial charge in [0.25, 0.3) is 0 Å². The zero-order chi connectivity index (χ0) is 20.7. The summed E-state index contributed by atoms with van der Waals surface area (Å²) in [7, 11) is 0. The van der Waals surface area contributed by atoms with Gasteiger partial charge in [0.1, 0.15) is 12.0 Å². The number of halogens is 1. The topological polar surface area (TPSA) is 92.8 Å². The summed E-state index contributed by atoms with van der Waals surface area (Å²) in [6, 6.07) is 7.84. The molecule has 1 saturated carbocycles. The Morgan fingerprint density at radius 3 is 2.93 bits per heavy atom. The second kappa shape index (κ2) is 7.71. The minimum atomic E-state index is -0.240. The maximum absolute atomic E-state index is 12.2. The van der Waals surface area contributed by atoms with E-state index >= 15 is 0 Å². The summed E-state index contributed by atoms with van der Waals surface area (Å²) < 4.78 is 7.67. The molecule has 1 unspecified atom stereocenters. The highest BCUT2D eigenvalue weighted by molar-refractivity contribution is 6.36. The molecule has 1 aromatic carbocycles. The number of carbonyl (C=O) groups excluding carboxylic acids is 1. The van der Waals surface area contributed by atoms with Crippen molar-refractivity contribution in [2.75, 3.05) is 11.9 Å². The zero-order valence-electron chi connectivity index (χ0n) is 16.2. The molecule has 7 nitrogen and oxygen atoms in total. The first-order valence-corrected chi connectivity index (χ1v) is 10.5. The number of nitrogens with one attached hydrogen (secondary N) is 1. The fraction of sp³-hybridized carbons (Fsp3) is 0.364. The van der Waals surface area contributed by atoms with Gasteiger partial charge in [-0.05, 0) is 54.8 Å². The van der Waals surface area contributed by atoms with Gasteiger partial charge in [-0.15, -0.1) is 0 Å². The molecule has 5 rings (SSSR count). The first kappa shape index (κ1) is 19.0. The summed E-state index contributed by atoms with van der Waals surface area (Å²) in [4.78, 5) is 16.5. The lowest BCUT2D eigenvalue weighted by atomic mass is 10.0. The van der Waals surface area contributed by atoms with Crippen LogP contribution in [0.25, 0.3) is 21.9 Å². The van der Waals surface area contributed by atoms with E-state index in [-0.39, 0.29) is 24.0 Å². The molecule has 152 valence electrons. The van der Waals surface area contributed by atoms with Crippen LogP contribution in [0.1, 0.15) is 31.9 Å². The Balaban J connectivity index is 1.41. The smallest absolute Gasteiger partial charge is 0.230 e. The van der Waals surface area contributed by atoms with Crippen molar-refractivity contribution in [2.24, 2.45) is 11.8 Å². The summed E-state index contributed by atoms with van der Waals surface area (Å²) in [5.74, 6) is -0.133. The number of nitrogens with zero attached hydrogens (tertiary/aromatic N) is 4. The maximum Gasteiger partial charge on any atom is 0.230 e. The highest BCUT2D eigenvalue weighted by Crippen LogP contribution is 2.38. The Bertz CT molecular complexity index is 1160. The molecule has 3 aromatic rings. The van der Waals surface area contributed by atoms with Crippen LogP contribution in [0.4, 0.5) is 5.82 Å². The standard InChI is InChI=1S/C22H20ClN5O2/c23-19-7-13(16-10-26-28(12-16)21-3-1-2-4-30-21)5-14-8-20(25-11-18(14)19)27-22(29)17-6-15(17)9-24/h5,7-8,10-12,15,17,21H,1-4,6H2,(H,25,27,29)/t15-,17+,21?/m0/s1. The van der Waals surface area contributed by atoms with E-state index < -0.39 is 0 Å². The number of ether oxygens (including phenoxy) is 1. The van der Waals surface area contributed by atoms with Gasteiger partial charge in [-0.2, -0.15) is 10.4 Å². The zero-order valence-corrected chi connectivity index (χ0v) is 17.0. The SMILES string of the molecule is N#C[C@@H]1C[C@H]1C(=O)Nc1cc2cc(-c3cnn(C4CCCCO4)c3)cc(Cl)c2cn1. The summed E-state index contributed by atoms with van der Waals surface area (Å²) in [5, 5.41) is 18.5. The monoisotopic (exact) mass is 421 g/mol. The van der Waals surface area contributed by atoms with Crippen LogP contribution in [0.2, 0.25) is 5.02 Å². The van der Waals surface area contributed by atoms with Crippen molar-refractivity contribution < 1.29 is 9.53 Å². The predicted molar refractivity (Wildman–Crippen MR) is 113 cm³/mol. The molecule has 1 N–H and O–H groups in total. The molecule has 8 heteroatoms. The molecular weight excluding hydrogens is 402 g/mol. The third kappa shape index (κ3) is 3.64.